The molecule has 0 aromatic carbocycles. The quantitative estimate of drug-likeness (QED) is 0.0964. The van der Waals surface area contributed by atoms with E-state index in [1.165, 1.54) is 75.0 Å². The number of ketones is 1. The van der Waals surface area contributed by atoms with Crippen LogP contribution in [0.1, 0.15) is 220 Å². The summed E-state index contributed by atoms with van der Waals surface area (Å²) in [6.07, 6.45) is 19.6. The third-order valence-corrected chi connectivity index (χ3v) is 34.4. The lowest BCUT2D eigenvalue weighted by atomic mass is 9.76. The van der Waals surface area contributed by atoms with E-state index in [-0.39, 0.29) is 67.0 Å². The van der Waals surface area contributed by atoms with Crippen LogP contribution in [0.5, 0.6) is 0 Å². The van der Waals surface area contributed by atoms with E-state index < -0.39 is 50.3 Å². The first-order valence-electron chi connectivity index (χ1n) is 32.1. The van der Waals surface area contributed by atoms with Gasteiger partial charge >= 0.3 is 17.9 Å². The van der Waals surface area contributed by atoms with Gasteiger partial charge in [-0.3, -0.25) is 27.6 Å². The number of alkyl halides is 1. The number of carbonyl (C=O) groups excluding carboxylic acids is 1. The summed E-state index contributed by atoms with van der Waals surface area (Å²) in [5, 5.41) is 41.9. The average molecular weight is 1480 g/mol. The van der Waals surface area contributed by atoms with Crippen LogP contribution in [0.4, 0.5) is 0 Å². The standard InChI is InChI=1S/C16H28O3S2.C13H24OS2.C13H24S2.C10H18O.C6H10O2S2.C3H5BrO2.C3H8O2.CH4.2H2S/c1-10(2)13-6-5-11(3)9-16(13)20-8-7-14(21(16)19)12(4)15(17)18;1-10(2)12-6-5-11(3)9-13(12)15-7-4-8-16(13)14;1-10(2)12-6-5-11(3)9-13(12)14-7-4-8-15-13;1-7(2)9-5-4-8(3)6-10(9)11;1-4(6(7)8)5-2-3-9-10-5;1-2(4)3(5)6;4-2-1-3-5;;;/h10-14H,5-9H2,1-4H3,(H,17,18);10-12H,4-9H2,1-3H3;10-12H,4-9H2,1-3H3;7-9H,4-6H2,1-3H3;4-5H,2-3H2,1H3,(H,7,8);2H,1H3,(H,5,6);4-5H,1-3H2;1H4;2*1H2/t11-,12-,13+,14-,16?,21?;11-,12+,13?,16?;11-,12+;8-,9+;4-,5+;2-;;;;/m111110..../s1. The second-order valence-corrected chi connectivity index (χ2v) is 41.2. The van der Waals surface area contributed by atoms with Crippen LogP contribution in [0, 0.1) is 82.9 Å². The first kappa shape index (κ1) is 90.6. The molecule has 87 heavy (non-hydrogen) atoms. The zero-order valence-corrected chi connectivity index (χ0v) is 65.4. The number of carbonyl (C=O) groups is 4. The van der Waals surface area contributed by atoms with Crippen molar-refractivity contribution in [3.63, 3.8) is 0 Å². The van der Waals surface area contributed by atoms with Gasteiger partial charge in [0, 0.05) is 69.2 Å². The van der Waals surface area contributed by atoms with Gasteiger partial charge in [0.25, 0.3) is 0 Å². The molecule has 518 valence electrons. The number of thioether (sulfide) groups is 4. The van der Waals surface area contributed by atoms with Gasteiger partial charge in [-0.25, -0.2) is 0 Å². The molecule has 17 atom stereocenters. The highest BCUT2D eigenvalue weighted by molar-refractivity contribution is 9.10. The Hall–Kier alpha value is 1.58. The minimum absolute atomic E-state index is 0. The number of Topliss-reactive ketones (excluding diaryl/α,β-unsaturated/α-hetero) is 1. The maximum absolute atomic E-state index is 13.3. The van der Waals surface area contributed by atoms with Crippen LogP contribution >= 0.6 is 112 Å². The Morgan fingerprint density at radius 3 is 1.41 bits per heavy atom. The highest BCUT2D eigenvalue weighted by Crippen LogP contribution is 2.59. The van der Waals surface area contributed by atoms with Crippen LogP contribution in [-0.4, -0.2) is 133 Å². The van der Waals surface area contributed by atoms with Gasteiger partial charge in [0.2, 0.25) is 0 Å². The van der Waals surface area contributed by atoms with E-state index in [4.69, 9.17) is 20.4 Å². The van der Waals surface area contributed by atoms with Gasteiger partial charge in [0.15, 0.2) is 0 Å². The topological polar surface area (TPSA) is 204 Å². The highest BCUT2D eigenvalue weighted by Gasteiger charge is 2.55. The van der Waals surface area contributed by atoms with Crippen LogP contribution in [0.3, 0.4) is 0 Å². The van der Waals surface area contributed by atoms with Crippen molar-refractivity contribution in [2.24, 2.45) is 82.9 Å². The summed E-state index contributed by atoms with van der Waals surface area (Å²) in [6.45, 7) is 32.7. The second-order valence-electron chi connectivity index (χ2n) is 26.9. The van der Waals surface area contributed by atoms with Gasteiger partial charge in [-0.15, -0.1) is 47.0 Å². The molecule has 0 bridgehead atoms. The van der Waals surface area contributed by atoms with E-state index in [0.717, 1.165) is 85.9 Å². The van der Waals surface area contributed by atoms with E-state index >= 15 is 0 Å². The Morgan fingerprint density at radius 2 is 1.00 bits per heavy atom. The number of halogens is 1. The summed E-state index contributed by atoms with van der Waals surface area (Å²) in [5.74, 6) is 12.6. The smallest absolute Gasteiger partial charge is 0.316 e. The molecule has 4 saturated heterocycles. The molecule has 4 aliphatic carbocycles. The predicted molar refractivity (Wildman–Crippen MR) is 402 cm³/mol. The summed E-state index contributed by atoms with van der Waals surface area (Å²) in [7, 11) is 1.84. The zero-order chi connectivity index (χ0) is 63.7. The molecule has 0 amide bonds. The maximum atomic E-state index is 13.3. The number of rotatable bonds is 11. The molecule has 11 nitrogen and oxygen atoms in total. The van der Waals surface area contributed by atoms with Crippen molar-refractivity contribution in [3.05, 3.63) is 0 Å². The van der Waals surface area contributed by atoms with Gasteiger partial charge in [-0.1, -0.05) is 161 Å². The van der Waals surface area contributed by atoms with Crippen molar-refractivity contribution in [2.75, 3.05) is 47.7 Å². The van der Waals surface area contributed by atoms with Crippen molar-refractivity contribution < 1.29 is 53.1 Å². The van der Waals surface area contributed by atoms with Crippen LogP contribution < -0.4 is 0 Å². The van der Waals surface area contributed by atoms with E-state index in [1.54, 1.807) is 42.4 Å². The van der Waals surface area contributed by atoms with Crippen molar-refractivity contribution in [1.82, 2.24) is 0 Å². The molecule has 4 saturated carbocycles. The van der Waals surface area contributed by atoms with Crippen LogP contribution in [0.15, 0.2) is 0 Å². The number of hydrogen-bond donors (Lipinski definition) is 5. The van der Waals surface area contributed by atoms with Crippen LogP contribution in [0.25, 0.3) is 0 Å². The zero-order valence-electron chi connectivity index (χ0n) is 55.3. The Labute approximate surface area is 583 Å². The summed E-state index contributed by atoms with van der Waals surface area (Å²) < 4.78 is 26.4. The van der Waals surface area contributed by atoms with E-state index in [9.17, 15) is 32.7 Å². The van der Waals surface area contributed by atoms with E-state index in [0.29, 0.717) is 68.9 Å². The Morgan fingerprint density at radius 1 is 0.552 bits per heavy atom. The molecular formula is C65H125BrO11S10. The van der Waals surface area contributed by atoms with E-state index in [1.807, 2.05) is 23.5 Å². The predicted octanol–water partition coefficient (Wildman–Crippen LogP) is 17.6. The van der Waals surface area contributed by atoms with Crippen molar-refractivity contribution in [1.29, 1.82) is 0 Å². The number of carboxylic acids is 3. The molecule has 0 aromatic rings. The van der Waals surface area contributed by atoms with Gasteiger partial charge < -0.3 is 25.5 Å². The molecule has 4 heterocycles. The van der Waals surface area contributed by atoms with Gasteiger partial charge in [0.05, 0.1) is 24.1 Å². The Bertz CT molecular complexity index is 1980. The Balaban J connectivity index is 0. The number of aliphatic hydroxyl groups is 2. The fourth-order valence-electron chi connectivity index (χ4n) is 13.4. The van der Waals surface area contributed by atoms with Crippen LogP contribution in [0.2, 0.25) is 0 Å². The highest BCUT2D eigenvalue weighted by atomic mass is 79.9. The molecular weight excluding hydrogens is 1360 g/mol. The molecule has 22 heteroatoms. The third kappa shape index (κ3) is 29.1. The summed E-state index contributed by atoms with van der Waals surface area (Å²) in [4.78, 5) is 42.5. The van der Waals surface area contributed by atoms with Gasteiger partial charge in [-0.2, -0.15) is 27.0 Å². The monoisotopic (exact) mass is 1480 g/mol. The average Bonchev–Trinajstić information content (AvgIpc) is 1.51. The largest absolute Gasteiger partial charge is 0.481 e. The molecule has 8 fully saturated rings. The number of carboxylic acid groups (broad SMARTS) is 3. The third-order valence-electron chi connectivity index (χ3n) is 18.4. The van der Waals surface area contributed by atoms with Crippen LogP contribution in [-0.2, 0) is 40.8 Å². The summed E-state index contributed by atoms with van der Waals surface area (Å²) >= 11 is 11.3. The van der Waals surface area contributed by atoms with E-state index in [2.05, 4.69) is 123 Å². The number of hydrogen-bond acceptors (Lipinski definition) is 14. The molecule has 8 rings (SSSR count). The second kappa shape index (κ2) is 45.9. The molecule has 4 unspecified atom stereocenters. The summed E-state index contributed by atoms with van der Waals surface area (Å²) in [5.41, 5.74) is 0. The van der Waals surface area contributed by atoms with Gasteiger partial charge in [-0.05, 0) is 179 Å². The summed E-state index contributed by atoms with van der Waals surface area (Å²) in [6, 6.07) is 0. The lowest BCUT2D eigenvalue weighted by Gasteiger charge is -2.51. The van der Waals surface area contributed by atoms with Gasteiger partial charge in [0.1, 0.15) is 10.6 Å². The molecule has 3 spiro atoms. The lowest BCUT2D eigenvalue weighted by molar-refractivity contribution is -0.142. The number of aliphatic carboxylic acids is 3. The van der Waals surface area contributed by atoms with Crippen molar-refractivity contribution in [2.45, 2.75) is 248 Å². The molecule has 4 aliphatic heterocycles. The maximum Gasteiger partial charge on any atom is 0.316 e. The first-order valence-corrected chi connectivity index (χ1v) is 41.8. The van der Waals surface area contributed by atoms with Crippen molar-refractivity contribution >= 4 is 157 Å². The fourth-order valence-corrected chi connectivity index (χ4v) is 31.1. The van der Waals surface area contributed by atoms with Crippen molar-refractivity contribution in [3.8, 4) is 0 Å². The molecule has 0 radical (unpaired) electrons. The first-order chi connectivity index (χ1) is 39.4. The fraction of sp³-hybridized carbons (Fsp3) is 0.938. The minimum Gasteiger partial charge on any atom is -0.481 e. The minimum atomic E-state index is -1.06. The lowest BCUT2D eigenvalue weighted by Crippen LogP contribution is -2.53. The molecule has 5 N–H and O–H groups in total. The molecule has 8 aliphatic rings. The number of aliphatic hydroxyl groups excluding tert-OH is 2. The Kier molecular flexibility index (Phi) is 47.8. The SMILES string of the molecule is C.CC(C)[C@@H]1CC[C@@H](C)CC12SCCCS2.CC(C)[C@@H]1CC[C@@H](C)CC12SCCCS2=O.CC(C)[C@@H]1CC[C@@H](C)CC12SCC[C@H]([C@@H](C)C(=O)O)S2=O.CC(C)[C@@H]1CC[C@@H](C)CC1=O.C[C@@H](C(=O)O)[C@@H]1CCSS1.C[C@H](Br)C(=O)O.OCCCO.S.S. The molecule has 0 aromatic heterocycles. The normalized spacial score (nSPS) is 33.5.